The molecule has 1 N–H and O–H groups in total. The molecule has 0 fully saturated rings. The molecule has 6 heteroatoms. The number of nitro benzene ring substituents is 1. The Kier molecular flexibility index (Phi) is 4.05. The van der Waals surface area contributed by atoms with Crippen molar-refractivity contribution in [3.8, 4) is 16.9 Å². The van der Waals surface area contributed by atoms with Crippen LogP contribution in [0.25, 0.3) is 11.1 Å². The first kappa shape index (κ1) is 13.5. The second-order valence-corrected chi connectivity index (χ2v) is 5.92. The number of hydrogen-bond donors (Lipinski definition) is 1. The van der Waals surface area contributed by atoms with Gasteiger partial charge in [0.05, 0.1) is 12.1 Å². The lowest BCUT2D eigenvalue weighted by molar-refractivity contribution is -0.384. The van der Waals surface area contributed by atoms with Crippen LogP contribution >= 0.6 is 45.2 Å². The monoisotopic (exact) mass is 467 g/mol. The highest BCUT2D eigenvalue weighted by molar-refractivity contribution is 14.1. The zero-order chi connectivity index (χ0) is 13.3. The largest absolute Gasteiger partial charge is 0.506 e. The van der Waals surface area contributed by atoms with Gasteiger partial charge in [0.25, 0.3) is 5.69 Å². The Morgan fingerprint density at radius 2 is 1.50 bits per heavy atom. The fourth-order valence-corrected chi connectivity index (χ4v) is 3.28. The number of non-ortho nitro benzene ring substituents is 1. The van der Waals surface area contributed by atoms with Crippen LogP contribution in [0.15, 0.2) is 36.4 Å². The normalized spacial score (nSPS) is 10.3. The van der Waals surface area contributed by atoms with Crippen molar-refractivity contribution >= 4 is 50.9 Å². The Bertz CT molecular complexity index is 588. The first-order valence-corrected chi connectivity index (χ1v) is 7.07. The van der Waals surface area contributed by atoms with E-state index in [1.54, 1.807) is 12.1 Å². The molecule has 0 atom stereocenters. The van der Waals surface area contributed by atoms with Crippen LogP contribution < -0.4 is 0 Å². The highest BCUT2D eigenvalue weighted by atomic mass is 127. The number of benzene rings is 2. The quantitative estimate of drug-likeness (QED) is 0.410. The van der Waals surface area contributed by atoms with Gasteiger partial charge in [-0.3, -0.25) is 10.1 Å². The molecule has 0 saturated carbocycles. The smallest absolute Gasteiger partial charge is 0.269 e. The fourth-order valence-electron chi connectivity index (χ4n) is 1.51. The minimum atomic E-state index is -0.423. The standard InChI is InChI=1S/C12H7I2NO3/c13-10-5-8(6-11(14)12(10)16)7-1-3-9(4-2-7)15(17)18/h1-6,16H. The molecule has 0 amide bonds. The third-order valence-electron chi connectivity index (χ3n) is 2.43. The predicted molar refractivity (Wildman–Crippen MR) is 85.6 cm³/mol. The van der Waals surface area contributed by atoms with Crippen LogP contribution in [-0.4, -0.2) is 10.0 Å². The molecule has 0 aliphatic heterocycles. The van der Waals surface area contributed by atoms with Crippen LogP contribution in [-0.2, 0) is 0 Å². The molecule has 0 radical (unpaired) electrons. The minimum Gasteiger partial charge on any atom is -0.506 e. The van der Waals surface area contributed by atoms with E-state index in [4.69, 9.17) is 0 Å². The van der Waals surface area contributed by atoms with Gasteiger partial charge in [0.1, 0.15) is 5.75 Å². The Morgan fingerprint density at radius 1 is 1.00 bits per heavy atom. The second-order valence-electron chi connectivity index (χ2n) is 3.59. The zero-order valence-corrected chi connectivity index (χ0v) is 13.2. The number of phenolic OH excluding ortho intramolecular Hbond substituents is 1. The molecular formula is C12H7I2NO3. The number of rotatable bonds is 2. The first-order valence-electron chi connectivity index (χ1n) is 4.92. The van der Waals surface area contributed by atoms with E-state index in [0.717, 1.165) is 18.3 Å². The van der Waals surface area contributed by atoms with Crippen molar-refractivity contribution in [2.45, 2.75) is 0 Å². The van der Waals surface area contributed by atoms with Gasteiger partial charge >= 0.3 is 0 Å². The highest BCUT2D eigenvalue weighted by Gasteiger charge is 2.09. The van der Waals surface area contributed by atoms with Gasteiger partial charge < -0.3 is 5.11 Å². The Hall–Kier alpha value is -0.900. The average Bonchev–Trinajstić information content (AvgIpc) is 2.35. The molecule has 0 aliphatic rings. The average molecular weight is 467 g/mol. The number of aromatic hydroxyl groups is 1. The number of nitrogens with zero attached hydrogens (tertiary/aromatic N) is 1. The molecular weight excluding hydrogens is 460 g/mol. The van der Waals surface area contributed by atoms with Gasteiger partial charge in [-0.25, -0.2) is 0 Å². The summed E-state index contributed by atoms with van der Waals surface area (Å²) in [6.45, 7) is 0. The van der Waals surface area contributed by atoms with Crippen molar-refractivity contribution < 1.29 is 10.0 Å². The summed E-state index contributed by atoms with van der Waals surface area (Å²) < 4.78 is 1.51. The van der Waals surface area contributed by atoms with Crippen molar-refractivity contribution in [2.24, 2.45) is 0 Å². The van der Waals surface area contributed by atoms with Crippen LogP contribution in [0.5, 0.6) is 5.75 Å². The summed E-state index contributed by atoms with van der Waals surface area (Å²) in [6.07, 6.45) is 0. The Labute approximate surface area is 130 Å². The summed E-state index contributed by atoms with van der Waals surface area (Å²) in [4.78, 5) is 10.1. The van der Waals surface area contributed by atoms with Gasteiger partial charge in [0, 0.05) is 12.1 Å². The van der Waals surface area contributed by atoms with E-state index in [1.165, 1.54) is 12.1 Å². The second kappa shape index (κ2) is 5.39. The van der Waals surface area contributed by atoms with Gasteiger partial charge in [-0.15, -0.1) is 0 Å². The maximum atomic E-state index is 10.6. The van der Waals surface area contributed by atoms with Crippen molar-refractivity contribution in [2.75, 3.05) is 0 Å². The summed E-state index contributed by atoms with van der Waals surface area (Å²) in [7, 11) is 0. The number of nitro groups is 1. The lowest BCUT2D eigenvalue weighted by Gasteiger charge is -2.06. The molecule has 2 aromatic rings. The Morgan fingerprint density at radius 3 is 1.94 bits per heavy atom. The topological polar surface area (TPSA) is 63.4 Å². The van der Waals surface area contributed by atoms with Gasteiger partial charge in [-0.05, 0) is 80.6 Å². The number of hydrogen-bond acceptors (Lipinski definition) is 3. The molecule has 0 bridgehead atoms. The zero-order valence-electron chi connectivity index (χ0n) is 8.93. The molecule has 18 heavy (non-hydrogen) atoms. The summed E-state index contributed by atoms with van der Waals surface area (Å²) in [5.74, 6) is 0.266. The maximum absolute atomic E-state index is 10.6. The lowest BCUT2D eigenvalue weighted by Crippen LogP contribution is -1.88. The number of halogens is 2. The van der Waals surface area contributed by atoms with E-state index in [1.807, 2.05) is 12.1 Å². The molecule has 0 unspecified atom stereocenters. The molecule has 0 saturated heterocycles. The molecule has 4 nitrogen and oxygen atoms in total. The first-order chi connectivity index (χ1) is 8.49. The molecule has 0 aliphatic carbocycles. The van der Waals surface area contributed by atoms with Crippen molar-refractivity contribution in [3.63, 3.8) is 0 Å². The molecule has 0 heterocycles. The molecule has 2 aromatic carbocycles. The summed E-state index contributed by atoms with van der Waals surface area (Å²) in [5, 5.41) is 20.3. The molecule has 0 aromatic heterocycles. The summed E-state index contributed by atoms with van der Waals surface area (Å²) >= 11 is 4.11. The third-order valence-corrected chi connectivity index (χ3v) is 4.07. The summed E-state index contributed by atoms with van der Waals surface area (Å²) in [6, 6.07) is 10.1. The van der Waals surface area contributed by atoms with E-state index in [-0.39, 0.29) is 11.4 Å². The lowest BCUT2D eigenvalue weighted by atomic mass is 10.1. The summed E-state index contributed by atoms with van der Waals surface area (Å²) in [5.41, 5.74) is 1.88. The molecule has 92 valence electrons. The number of phenols is 1. The van der Waals surface area contributed by atoms with Crippen LogP contribution in [0.4, 0.5) is 5.69 Å². The van der Waals surface area contributed by atoms with Gasteiger partial charge in [0.15, 0.2) is 0 Å². The van der Waals surface area contributed by atoms with E-state index in [0.29, 0.717) is 0 Å². The minimum absolute atomic E-state index is 0.0712. The van der Waals surface area contributed by atoms with Gasteiger partial charge in [-0.2, -0.15) is 0 Å². The van der Waals surface area contributed by atoms with E-state index in [9.17, 15) is 15.2 Å². The van der Waals surface area contributed by atoms with Crippen LogP contribution in [0.1, 0.15) is 0 Å². The van der Waals surface area contributed by atoms with E-state index < -0.39 is 4.92 Å². The van der Waals surface area contributed by atoms with Gasteiger partial charge in [0.2, 0.25) is 0 Å². The third kappa shape index (κ3) is 2.74. The van der Waals surface area contributed by atoms with Gasteiger partial charge in [-0.1, -0.05) is 0 Å². The van der Waals surface area contributed by atoms with E-state index in [2.05, 4.69) is 45.2 Å². The van der Waals surface area contributed by atoms with Crippen LogP contribution in [0, 0.1) is 17.3 Å². The highest BCUT2D eigenvalue weighted by Crippen LogP contribution is 2.32. The maximum Gasteiger partial charge on any atom is 0.269 e. The predicted octanol–water partition coefficient (Wildman–Crippen LogP) is 4.18. The molecule has 0 spiro atoms. The van der Waals surface area contributed by atoms with Crippen molar-refractivity contribution in [1.29, 1.82) is 0 Å². The van der Waals surface area contributed by atoms with Crippen molar-refractivity contribution in [3.05, 3.63) is 53.7 Å². The Balaban J connectivity index is 2.46. The van der Waals surface area contributed by atoms with Crippen molar-refractivity contribution in [1.82, 2.24) is 0 Å². The van der Waals surface area contributed by atoms with Crippen LogP contribution in [0.3, 0.4) is 0 Å². The molecule has 2 rings (SSSR count). The SMILES string of the molecule is O=[N+]([O-])c1ccc(-c2cc(I)c(O)c(I)c2)cc1. The van der Waals surface area contributed by atoms with Crippen LogP contribution in [0.2, 0.25) is 0 Å². The van der Waals surface area contributed by atoms with E-state index >= 15 is 0 Å². The fraction of sp³-hybridized carbons (Fsp3) is 0.